The Kier molecular flexibility index (Phi) is 14.0. The van der Waals surface area contributed by atoms with Crippen molar-refractivity contribution in [3.63, 3.8) is 0 Å². The van der Waals surface area contributed by atoms with Gasteiger partial charge in [0.25, 0.3) is 0 Å². The molecule has 30 heteroatoms. The van der Waals surface area contributed by atoms with E-state index in [1.807, 2.05) is 60.7 Å². The molecule has 0 aliphatic heterocycles. The van der Waals surface area contributed by atoms with Gasteiger partial charge >= 0.3 is 22.0 Å². The minimum atomic E-state index is -6.72. The maximum Gasteiger partial charge on any atom is 0.480 e. The van der Waals surface area contributed by atoms with Crippen LogP contribution in [0.25, 0.3) is 8.25 Å². The van der Waals surface area contributed by atoms with Gasteiger partial charge in [0.1, 0.15) is 24.8 Å². The number of aromatic amines is 2. The predicted molar refractivity (Wildman–Crippen MR) is 111 cm³/mol. The number of aryl methyl sites for hydroxylation is 2. The monoisotopic (exact) mass is 726 g/mol. The summed E-state index contributed by atoms with van der Waals surface area (Å²) in [5.41, 5.74) is -24.8. The van der Waals surface area contributed by atoms with Crippen LogP contribution in [0.1, 0.15) is 0 Å². The summed E-state index contributed by atoms with van der Waals surface area (Å²) in [6, 6.07) is 0. The Labute approximate surface area is 227 Å². The lowest BCUT2D eigenvalue weighted by Crippen LogP contribution is -2.30. The SMILES string of the molecule is C[n+]1cc[nH]c1.C[n+]1cc[nH]c1.O=S(=O)([N-]S(=O)(=O)C(F)(F)F)C(F)(F)F.O=S(=O)([N-]S(=O)(=O)C(F)(F)F)C(F)(F)F. The van der Waals surface area contributed by atoms with Crippen LogP contribution in [0.3, 0.4) is 0 Å². The normalized spacial score (nSPS) is 13.5. The van der Waals surface area contributed by atoms with Crippen molar-refractivity contribution >= 4 is 40.1 Å². The molecule has 2 heterocycles. The topological polar surface area (TPSA) is 204 Å². The molecule has 248 valence electrons. The molecule has 0 fully saturated rings. The van der Waals surface area contributed by atoms with Gasteiger partial charge in [-0.1, -0.05) is 0 Å². The molecule has 0 radical (unpaired) electrons. The number of hydrogen-bond donors (Lipinski definition) is 2. The first-order valence-corrected chi connectivity index (χ1v) is 14.7. The quantitative estimate of drug-likeness (QED) is 0.350. The van der Waals surface area contributed by atoms with Gasteiger partial charge in [-0.2, -0.15) is 52.7 Å². The van der Waals surface area contributed by atoms with E-state index in [0.29, 0.717) is 0 Å². The molecule has 0 aromatic carbocycles. The highest BCUT2D eigenvalue weighted by molar-refractivity contribution is 8.13. The third-order valence-electron chi connectivity index (χ3n) is 2.93. The summed E-state index contributed by atoms with van der Waals surface area (Å²) >= 11 is 0. The largest absolute Gasteiger partial charge is 0.480 e. The van der Waals surface area contributed by atoms with Crippen LogP contribution in [0, 0.1) is 0 Å². The van der Waals surface area contributed by atoms with Crippen molar-refractivity contribution in [1.29, 1.82) is 0 Å². The van der Waals surface area contributed by atoms with E-state index < -0.39 is 62.1 Å². The fourth-order valence-corrected chi connectivity index (χ4v) is 4.58. The fourth-order valence-electron chi connectivity index (χ4n) is 1.16. The molecule has 0 unspecified atom stereocenters. The van der Waals surface area contributed by atoms with Gasteiger partial charge in [-0.15, -0.1) is 0 Å². The van der Waals surface area contributed by atoms with Crippen LogP contribution in [-0.4, -0.2) is 65.7 Å². The Hall–Kier alpha value is -2.70. The van der Waals surface area contributed by atoms with Gasteiger partial charge in [-0.3, -0.25) is 9.97 Å². The molecular formula is C12H14F12N6O8S4. The molecule has 0 aliphatic carbocycles. The molecule has 0 saturated heterocycles. The van der Waals surface area contributed by atoms with Gasteiger partial charge in [0, 0.05) is 0 Å². The number of rotatable bonds is 4. The number of hydrogen-bond acceptors (Lipinski definition) is 8. The molecule has 0 amide bonds. The van der Waals surface area contributed by atoms with Gasteiger partial charge in [0.2, 0.25) is 12.7 Å². The lowest BCUT2D eigenvalue weighted by atomic mass is 10.9. The van der Waals surface area contributed by atoms with Crippen molar-refractivity contribution in [2.75, 3.05) is 0 Å². The standard InChI is InChI=1S/2C4H6N2.2C2F6NO4S2/c2*1-6-3-2-5-4-6;2*3-1(4,5)14(10,11)9-15(12,13)2(6,7)8/h2*2-4H,1H3;;/q;;2*-1/p+2. The smallest absolute Gasteiger partial charge is 0.421 e. The van der Waals surface area contributed by atoms with Gasteiger partial charge in [-0.25, -0.2) is 42.8 Å². The predicted octanol–water partition coefficient (Wildman–Crippen LogP) is 1.80. The number of halogens is 12. The van der Waals surface area contributed by atoms with Crippen LogP contribution < -0.4 is 9.13 Å². The second-order valence-electron chi connectivity index (χ2n) is 6.39. The van der Waals surface area contributed by atoms with Crippen molar-refractivity contribution < 1.29 is 95.5 Å². The van der Waals surface area contributed by atoms with Crippen LogP contribution in [0.2, 0.25) is 0 Å². The average Bonchev–Trinajstić information content (AvgIpc) is 3.38. The molecule has 14 nitrogen and oxygen atoms in total. The second kappa shape index (κ2) is 14.2. The number of imidazole rings is 2. The number of aromatic nitrogens is 4. The van der Waals surface area contributed by atoms with Crippen LogP contribution in [0.15, 0.2) is 37.4 Å². The van der Waals surface area contributed by atoms with Gasteiger partial charge in [-0.05, 0) is 0 Å². The Morgan fingerprint density at radius 2 is 0.667 bits per heavy atom. The first-order chi connectivity index (χ1) is 18.2. The molecule has 0 aliphatic rings. The molecule has 0 spiro atoms. The molecule has 0 atom stereocenters. The maximum atomic E-state index is 11.4. The highest BCUT2D eigenvalue weighted by atomic mass is 32.3. The second-order valence-corrected chi connectivity index (χ2v) is 13.2. The van der Waals surface area contributed by atoms with E-state index in [1.54, 1.807) is 0 Å². The summed E-state index contributed by atoms with van der Waals surface area (Å²) < 4.78 is 222. The van der Waals surface area contributed by atoms with E-state index in [0.717, 1.165) is 8.25 Å². The van der Waals surface area contributed by atoms with Crippen LogP contribution >= 0.6 is 0 Å². The first-order valence-electron chi connectivity index (χ1n) is 8.90. The van der Waals surface area contributed by atoms with Crippen molar-refractivity contribution in [2.45, 2.75) is 22.0 Å². The number of nitrogens with one attached hydrogen (secondary N) is 2. The highest BCUT2D eigenvalue weighted by Crippen LogP contribution is 2.37. The third kappa shape index (κ3) is 14.0. The first kappa shape index (κ1) is 41.4. The van der Waals surface area contributed by atoms with Crippen molar-refractivity contribution in [1.82, 2.24) is 9.97 Å². The van der Waals surface area contributed by atoms with Crippen LogP contribution in [-0.2, 0) is 54.2 Å². The number of sulfonamides is 4. The zero-order valence-corrected chi connectivity index (χ0v) is 23.0. The van der Waals surface area contributed by atoms with Crippen molar-refractivity contribution in [2.24, 2.45) is 14.1 Å². The van der Waals surface area contributed by atoms with Gasteiger partial charge in [0.05, 0.1) is 14.1 Å². The zero-order chi connectivity index (χ0) is 34.2. The van der Waals surface area contributed by atoms with Gasteiger partial charge < -0.3 is 8.25 Å². The lowest BCUT2D eigenvalue weighted by Gasteiger charge is -2.22. The summed E-state index contributed by atoms with van der Waals surface area (Å²) in [7, 11) is -22.9. The fraction of sp³-hybridized carbons (Fsp3) is 0.500. The summed E-state index contributed by atoms with van der Waals surface area (Å²) in [5.74, 6) is 0. The Balaban J connectivity index is 0. The molecule has 0 saturated carbocycles. The molecule has 2 rings (SSSR count). The Morgan fingerprint density at radius 1 is 0.476 bits per heavy atom. The molecular weight excluding hydrogens is 712 g/mol. The van der Waals surface area contributed by atoms with Crippen molar-refractivity contribution in [3.05, 3.63) is 45.7 Å². The third-order valence-corrected chi connectivity index (χ3v) is 8.41. The summed E-state index contributed by atoms with van der Waals surface area (Å²) in [4.78, 5) is 5.78. The van der Waals surface area contributed by atoms with Crippen molar-refractivity contribution in [3.8, 4) is 0 Å². The highest BCUT2D eigenvalue weighted by Gasteiger charge is 2.48. The number of alkyl halides is 12. The molecule has 2 N–H and O–H groups in total. The zero-order valence-electron chi connectivity index (χ0n) is 19.7. The minimum absolute atomic E-state index is 0.778. The number of H-pyrrole nitrogens is 2. The Morgan fingerprint density at radius 3 is 0.738 bits per heavy atom. The molecule has 42 heavy (non-hydrogen) atoms. The minimum Gasteiger partial charge on any atom is -0.421 e. The molecule has 2 aromatic heterocycles. The molecule has 2 aromatic rings. The van der Waals surface area contributed by atoms with Crippen LogP contribution in [0.5, 0.6) is 0 Å². The van der Waals surface area contributed by atoms with E-state index >= 15 is 0 Å². The summed E-state index contributed by atoms with van der Waals surface area (Å²) in [6.45, 7) is 0. The Bertz CT molecular complexity index is 1330. The maximum absolute atomic E-state index is 11.4. The molecule has 0 bridgehead atoms. The van der Waals surface area contributed by atoms with E-state index in [4.69, 9.17) is 0 Å². The van der Waals surface area contributed by atoms with E-state index in [1.165, 1.54) is 0 Å². The van der Waals surface area contributed by atoms with Gasteiger partial charge in [0.15, 0.2) is 40.1 Å². The van der Waals surface area contributed by atoms with Crippen LogP contribution in [0.4, 0.5) is 52.7 Å². The summed E-state index contributed by atoms with van der Waals surface area (Å²) in [6.07, 6.45) is 11.4. The average molecular weight is 727 g/mol. The lowest BCUT2D eigenvalue weighted by molar-refractivity contribution is -0.670. The van der Waals surface area contributed by atoms with E-state index in [2.05, 4.69) is 9.97 Å². The van der Waals surface area contributed by atoms with E-state index in [9.17, 15) is 86.4 Å². The number of nitrogens with zero attached hydrogens (tertiary/aromatic N) is 4. The van der Waals surface area contributed by atoms with E-state index in [-0.39, 0.29) is 0 Å². The summed E-state index contributed by atoms with van der Waals surface area (Å²) in [5, 5.41) is 0.